The van der Waals surface area contributed by atoms with E-state index in [1.165, 1.54) is 0 Å². The van der Waals surface area contributed by atoms with Crippen molar-refractivity contribution in [3.63, 3.8) is 0 Å². The average molecular weight is 392 g/mol. The number of rotatable bonds is 12. The van der Waals surface area contributed by atoms with Crippen LogP contribution in [0.15, 0.2) is 0 Å². The van der Waals surface area contributed by atoms with Crippen LogP contribution in [0.2, 0.25) is 0 Å². The number of carbonyl (C=O) groups is 5. The molecule has 0 saturated heterocycles. The second-order valence-electron chi connectivity index (χ2n) is 5.24. The molecule has 2 atom stereocenters. The van der Waals surface area contributed by atoms with Gasteiger partial charge in [0.25, 0.3) is 5.24 Å². The maximum atomic E-state index is 12.0. The van der Waals surface area contributed by atoms with E-state index in [9.17, 15) is 24.0 Å². The molecule has 0 rings (SSSR count). The molecule has 0 aliphatic carbocycles. The lowest BCUT2D eigenvalue weighted by atomic mass is 10.1. The molecular formula is C14H24N4O7S. The van der Waals surface area contributed by atoms with E-state index in [1.54, 1.807) is 0 Å². The third kappa shape index (κ3) is 11.3. The molecule has 0 bridgehead atoms. The Labute approximate surface area is 154 Å². The maximum absolute atomic E-state index is 12.0. The Bertz CT molecular complexity index is 529. The summed E-state index contributed by atoms with van der Waals surface area (Å²) in [6.45, 7) is 1.69. The maximum Gasteiger partial charge on any atom is 0.322 e. The van der Waals surface area contributed by atoms with Gasteiger partial charge < -0.3 is 31.9 Å². The Kier molecular flexibility index (Phi) is 11.8. The molecule has 0 saturated carbocycles. The van der Waals surface area contributed by atoms with Gasteiger partial charge in [0.15, 0.2) is 0 Å². The lowest BCUT2D eigenvalue weighted by molar-refractivity contribution is -0.139. The van der Waals surface area contributed by atoms with E-state index in [1.807, 2.05) is 6.92 Å². The SMILES string of the molecule is CCCNC(=O)SC[C@H](NC(=O)CC[C@H](N)C(=O)O)C(=O)NCC(=O)O. The number of carboxylic acid groups (broad SMARTS) is 2. The monoisotopic (exact) mass is 392 g/mol. The highest BCUT2D eigenvalue weighted by Crippen LogP contribution is 2.06. The van der Waals surface area contributed by atoms with Crippen molar-refractivity contribution in [2.45, 2.75) is 38.3 Å². The van der Waals surface area contributed by atoms with Gasteiger partial charge in [-0.3, -0.25) is 24.0 Å². The molecule has 0 aliphatic rings. The first-order chi connectivity index (χ1) is 12.2. The van der Waals surface area contributed by atoms with Gasteiger partial charge >= 0.3 is 11.9 Å². The summed E-state index contributed by atoms with van der Waals surface area (Å²) >= 11 is 0.767. The van der Waals surface area contributed by atoms with E-state index in [0.29, 0.717) is 6.54 Å². The molecule has 0 fully saturated rings. The van der Waals surface area contributed by atoms with Crippen molar-refractivity contribution in [2.75, 3.05) is 18.8 Å². The highest BCUT2D eigenvalue weighted by atomic mass is 32.2. The van der Waals surface area contributed by atoms with Crippen molar-refractivity contribution in [1.29, 1.82) is 0 Å². The van der Waals surface area contributed by atoms with Crippen LogP contribution in [-0.4, -0.2) is 70.1 Å². The van der Waals surface area contributed by atoms with Gasteiger partial charge in [0.2, 0.25) is 11.8 Å². The molecule has 0 aliphatic heterocycles. The first-order valence-corrected chi connectivity index (χ1v) is 8.83. The van der Waals surface area contributed by atoms with Gasteiger partial charge in [0.05, 0.1) is 0 Å². The molecule has 7 N–H and O–H groups in total. The van der Waals surface area contributed by atoms with Crippen LogP contribution in [0.1, 0.15) is 26.2 Å². The summed E-state index contributed by atoms with van der Waals surface area (Å²) in [7, 11) is 0. The summed E-state index contributed by atoms with van der Waals surface area (Å²) in [5, 5.41) is 24.0. The number of nitrogens with one attached hydrogen (secondary N) is 3. The van der Waals surface area contributed by atoms with E-state index in [0.717, 1.165) is 18.2 Å². The van der Waals surface area contributed by atoms with Gasteiger partial charge in [-0.2, -0.15) is 0 Å². The summed E-state index contributed by atoms with van der Waals surface area (Å²) in [5.41, 5.74) is 5.30. The van der Waals surface area contributed by atoms with Crippen molar-refractivity contribution < 1.29 is 34.2 Å². The van der Waals surface area contributed by atoms with Gasteiger partial charge in [0.1, 0.15) is 18.6 Å². The Morgan fingerprint density at radius 2 is 1.77 bits per heavy atom. The molecular weight excluding hydrogens is 368 g/mol. The van der Waals surface area contributed by atoms with Crippen molar-refractivity contribution in [3.05, 3.63) is 0 Å². The summed E-state index contributed by atoms with van der Waals surface area (Å²) in [4.78, 5) is 56.6. The van der Waals surface area contributed by atoms with Crippen LogP contribution in [-0.2, 0) is 19.2 Å². The highest BCUT2D eigenvalue weighted by Gasteiger charge is 2.23. The number of nitrogens with two attached hydrogens (primary N) is 1. The third-order valence-electron chi connectivity index (χ3n) is 2.97. The van der Waals surface area contributed by atoms with Crippen molar-refractivity contribution in [3.8, 4) is 0 Å². The number of hydrogen-bond acceptors (Lipinski definition) is 7. The van der Waals surface area contributed by atoms with E-state index in [-0.39, 0.29) is 23.8 Å². The second kappa shape index (κ2) is 12.9. The predicted octanol–water partition coefficient (Wildman–Crippen LogP) is -1.28. The molecule has 0 aromatic heterocycles. The minimum atomic E-state index is -1.26. The van der Waals surface area contributed by atoms with E-state index in [4.69, 9.17) is 15.9 Å². The number of carboxylic acids is 2. The molecule has 3 amide bonds. The van der Waals surface area contributed by atoms with Crippen molar-refractivity contribution in [2.24, 2.45) is 5.73 Å². The Morgan fingerprint density at radius 3 is 2.31 bits per heavy atom. The molecule has 0 aromatic rings. The minimum Gasteiger partial charge on any atom is -0.480 e. The number of thioether (sulfide) groups is 1. The summed E-state index contributed by atoms with van der Waals surface area (Å²) in [6, 6.07) is -2.37. The molecule has 0 aromatic carbocycles. The molecule has 148 valence electrons. The summed E-state index contributed by atoms with van der Waals surface area (Å²) < 4.78 is 0. The Balaban J connectivity index is 4.67. The molecule has 0 radical (unpaired) electrons. The number of amides is 3. The van der Waals surface area contributed by atoms with Gasteiger partial charge in [-0.1, -0.05) is 18.7 Å². The fraction of sp³-hybridized carbons (Fsp3) is 0.643. The predicted molar refractivity (Wildman–Crippen MR) is 93.6 cm³/mol. The van der Waals surface area contributed by atoms with Crippen LogP contribution in [0.25, 0.3) is 0 Å². The lowest BCUT2D eigenvalue weighted by Gasteiger charge is -2.18. The summed E-state index contributed by atoms with van der Waals surface area (Å²) in [6.07, 6.45) is 0.368. The quantitative estimate of drug-likeness (QED) is 0.235. The Morgan fingerprint density at radius 1 is 1.12 bits per heavy atom. The third-order valence-corrected chi connectivity index (χ3v) is 3.87. The van der Waals surface area contributed by atoms with Crippen LogP contribution in [0, 0.1) is 0 Å². The fourth-order valence-corrected chi connectivity index (χ4v) is 2.34. The zero-order valence-electron chi connectivity index (χ0n) is 14.3. The molecule has 0 spiro atoms. The number of carbonyl (C=O) groups excluding carboxylic acids is 3. The van der Waals surface area contributed by atoms with Gasteiger partial charge in [-0.05, 0) is 12.8 Å². The van der Waals surface area contributed by atoms with E-state index < -0.39 is 42.4 Å². The second-order valence-corrected chi connectivity index (χ2v) is 6.23. The van der Waals surface area contributed by atoms with Gasteiger partial charge in [-0.25, -0.2) is 0 Å². The molecule has 26 heavy (non-hydrogen) atoms. The van der Waals surface area contributed by atoms with Crippen molar-refractivity contribution >= 4 is 40.8 Å². The lowest BCUT2D eigenvalue weighted by Crippen LogP contribution is -2.49. The van der Waals surface area contributed by atoms with Crippen LogP contribution in [0.5, 0.6) is 0 Å². The van der Waals surface area contributed by atoms with E-state index >= 15 is 0 Å². The number of aliphatic carboxylic acids is 2. The van der Waals surface area contributed by atoms with Crippen molar-refractivity contribution in [1.82, 2.24) is 16.0 Å². The van der Waals surface area contributed by atoms with Crippen LogP contribution >= 0.6 is 11.8 Å². The average Bonchev–Trinajstić information content (AvgIpc) is 2.58. The first kappa shape index (κ1) is 23.7. The van der Waals surface area contributed by atoms with Crippen LogP contribution < -0.4 is 21.7 Å². The van der Waals surface area contributed by atoms with Crippen LogP contribution in [0.3, 0.4) is 0 Å². The summed E-state index contributed by atoms with van der Waals surface area (Å²) in [5.74, 6) is -4.02. The standard InChI is InChI=1S/C14H24N4O7S/c1-2-5-16-14(25)26-7-9(12(22)17-6-11(20)21)18-10(19)4-3-8(15)13(23)24/h8-9H,2-7,15H2,1H3,(H,16,25)(H,17,22)(H,18,19)(H,20,21)(H,23,24)/t8-,9-/m0/s1. The zero-order valence-corrected chi connectivity index (χ0v) is 15.1. The largest absolute Gasteiger partial charge is 0.480 e. The molecule has 0 unspecified atom stereocenters. The van der Waals surface area contributed by atoms with E-state index in [2.05, 4.69) is 16.0 Å². The molecule has 0 heterocycles. The normalized spacial score (nSPS) is 12.5. The van der Waals surface area contributed by atoms with Crippen LogP contribution in [0.4, 0.5) is 4.79 Å². The minimum absolute atomic E-state index is 0.113. The number of hydrogen-bond donors (Lipinski definition) is 6. The fourth-order valence-electron chi connectivity index (χ4n) is 1.58. The van der Waals surface area contributed by atoms with Gasteiger partial charge in [0, 0.05) is 18.7 Å². The molecule has 12 heteroatoms. The molecule has 11 nitrogen and oxygen atoms in total. The van der Waals surface area contributed by atoms with Gasteiger partial charge in [-0.15, -0.1) is 0 Å². The Hall–Kier alpha value is -2.34. The zero-order chi connectivity index (χ0) is 20.1. The topological polar surface area (TPSA) is 188 Å². The highest BCUT2D eigenvalue weighted by molar-refractivity contribution is 8.13. The smallest absolute Gasteiger partial charge is 0.322 e. The first-order valence-electron chi connectivity index (χ1n) is 7.85.